The smallest absolute Gasteiger partial charge is 0.00925 e. The van der Waals surface area contributed by atoms with Gasteiger partial charge in [0.25, 0.3) is 0 Å². The number of rotatable bonds is 4. The lowest BCUT2D eigenvalue weighted by Gasteiger charge is -2.36. The summed E-state index contributed by atoms with van der Waals surface area (Å²) in [5.74, 6) is 0. The Bertz CT molecular complexity index is 170. The Morgan fingerprint density at radius 2 is 1.69 bits per heavy atom. The first-order valence-electron chi connectivity index (χ1n) is 7.17. The predicted octanol–water partition coefficient (Wildman–Crippen LogP) is 3.03. The summed E-state index contributed by atoms with van der Waals surface area (Å²) in [7, 11) is 0. The van der Waals surface area contributed by atoms with Crippen LogP contribution < -0.4 is 5.32 Å². The monoisotopic (exact) mass is 226 g/mol. The third kappa shape index (κ3) is 4.42. The maximum atomic E-state index is 3.66. The molecule has 1 N–H and O–H groups in total. The van der Waals surface area contributed by atoms with Gasteiger partial charge in [0.1, 0.15) is 0 Å². The van der Waals surface area contributed by atoms with Gasteiger partial charge in [-0.15, -0.1) is 0 Å². The zero-order valence-electron chi connectivity index (χ0n) is 11.6. The molecule has 0 aromatic carbocycles. The topological polar surface area (TPSA) is 15.3 Å². The van der Waals surface area contributed by atoms with Crippen LogP contribution in [0.2, 0.25) is 0 Å². The Kier molecular flexibility index (Phi) is 6.37. The summed E-state index contributed by atoms with van der Waals surface area (Å²) in [6, 6.07) is 2.18. The van der Waals surface area contributed by atoms with Gasteiger partial charge in [0, 0.05) is 18.1 Å². The molecule has 96 valence electrons. The van der Waals surface area contributed by atoms with Crippen molar-refractivity contribution < 1.29 is 0 Å². The van der Waals surface area contributed by atoms with Crippen molar-refractivity contribution in [2.45, 2.75) is 77.9 Å². The Balaban J connectivity index is 2.50. The van der Waals surface area contributed by atoms with Crippen LogP contribution in [0.3, 0.4) is 0 Å². The first kappa shape index (κ1) is 14.0. The van der Waals surface area contributed by atoms with Crippen LogP contribution in [-0.4, -0.2) is 36.1 Å². The van der Waals surface area contributed by atoms with Gasteiger partial charge >= 0.3 is 0 Å². The molecule has 1 heterocycles. The van der Waals surface area contributed by atoms with E-state index in [0.29, 0.717) is 12.1 Å². The molecule has 0 amide bonds. The minimum Gasteiger partial charge on any atom is -0.312 e. The molecule has 3 unspecified atom stereocenters. The molecule has 1 aliphatic heterocycles. The molecule has 2 nitrogen and oxygen atoms in total. The molecule has 0 saturated carbocycles. The Morgan fingerprint density at radius 3 is 2.12 bits per heavy atom. The van der Waals surface area contributed by atoms with Gasteiger partial charge in [-0.1, -0.05) is 20.3 Å². The molecule has 0 aromatic heterocycles. The van der Waals surface area contributed by atoms with E-state index >= 15 is 0 Å². The number of hydrogen-bond acceptors (Lipinski definition) is 2. The highest BCUT2D eigenvalue weighted by molar-refractivity contribution is 4.78. The predicted molar refractivity (Wildman–Crippen MR) is 71.9 cm³/mol. The Hall–Kier alpha value is -0.0800. The van der Waals surface area contributed by atoms with Crippen molar-refractivity contribution in [2.24, 2.45) is 0 Å². The van der Waals surface area contributed by atoms with Crippen molar-refractivity contribution in [3.63, 3.8) is 0 Å². The van der Waals surface area contributed by atoms with E-state index in [4.69, 9.17) is 0 Å². The lowest BCUT2D eigenvalue weighted by molar-refractivity contribution is 0.150. The third-order valence-corrected chi connectivity index (χ3v) is 3.88. The highest BCUT2D eigenvalue weighted by atomic mass is 15.2. The van der Waals surface area contributed by atoms with Crippen molar-refractivity contribution in [1.82, 2.24) is 10.2 Å². The molecule has 0 spiro atoms. The summed E-state index contributed by atoms with van der Waals surface area (Å²) >= 11 is 0. The van der Waals surface area contributed by atoms with Gasteiger partial charge < -0.3 is 10.2 Å². The molecule has 0 aromatic rings. The first-order valence-corrected chi connectivity index (χ1v) is 7.17. The number of nitrogens with one attached hydrogen (secondary N) is 1. The Labute approximate surface area is 102 Å². The largest absolute Gasteiger partial charge is 0.312 e. The van der Waals surface area contributed by atoms with E-state index in [1.807, 2.05) is 0 Å². The molecule has 1 saturated heterocycles. The summed E-state index contributed by atoms with van der Waals surface area (Å²) in [6.45, 7) is 11.8. The van der Waals surface area contributed by atoms with Crippen LogP contribution in [0.15, 0.2) is 0 Å². The van der Waals surface area contributed by atoms with Crippen molar-refractivity contribution >= 4 is 0 Å². The second-order valence-electron chi connectivity index (χ2n) is 5.43. The molecule has 0 radical (unpaired) electrons. The van der Waals surface area contributed by atoms with Crippen LogP contribution in [0.25, 0.3) is 0 Å². The van der Waals surface area contributed by atoms with Gasteiger partial charge in [0.2, 0.25) is 0 Å². The lowest BCUT2D eigenvalue weighted by Crippen LogP contribution is -2.46. The van der Waals surface area contributed by atoms with Gasteiger partial charge in [-0.05, 0) is 52.6 Å². The highest BCUT2D eigenvalue weighted by Crippen LogP contribution is 2.15. The molecule has 0 aliphatic carbocycles. The second-order valence-corrected chi connectivity index (χ2v) is 5.43. The molecular formula is C14H30N2. The van der Waals surface area contributed by atoms with E-state index < -0.39 is 0 Å². The third-order valence-electron chi connectivity index (χ3n) is 3.88. The van der Waals surface area contributed by atoms with E-state index in [0.717, 1.165) is 6.04 Å². The Morgan fingerprint density at radius 1 is 1.12 bits per heavy atom. The first-order chi connectivity index (χ1) is 7.67. The quantitative estimate of drug-likeness (QED) is 0.792. The van der Waals surface area contributed by atoms with Crippen molar-refractivity contribution in [3.8, 4) is 0 Å². The normalized spacial score (nSPS) is 30.8. The molecular weight excluding hydrogens is 196 g/mol. The molecule has 3 atom stereocenters. The summed E-state index contributed by atoms with van der Waals surface area (Å²) in [5, 5.41) is 3.66. The molecule has 1 rings (SSSR count). The zero-order valence-corrected chi connectivity index (χ0v) is 11.6. The van der Waals surface area contributed by atoms with Crippen LogP contribution >= 0.6 is 0 Å². The molecule has 1 fully saturated rings. The van der Waals surface area contributed by atoms with Crippen LogP contribution in [0, 0.1) is 0 Å². The van der Waals surface area contributed by atoms with Gasteiger partial charge in [-0.2, -0.15) is 0 Å². The van der Waals surface area contributed by atoms with Crippen molar-refractivity contribution in [2.75, 3.05) is 13.1 Å². The van der Waals surface area contributed by atoms with Crippen molar-refractivity contribution in [1.29, 1.82) is 0 Å². The van der Waals surface area contributed by atoms with Gasteiger partial charge in [0.15, 0.2) is 0 Å². The SMILES string of the molecule is CCCC(CC)N1CCC(C)NC(C)CC1. The minimum atomic E-state index is 0.678. The van der Waals surface area contributed by atoms with Crippen LogP contribution in [0.4, 0.5) is 0 Å². The standard InChI is InChI=1S/C14H30N2/c1-5-7-14(6-2)16-10-8-12(3)15-13(4)9-11-16/h12-15H,5-11H2,1-4H3. The minimum absolute atomic E-state index is 0.678. The van der Waals surface area contributed by atoms with Crippen LogP contribution in [0.1, 0.15) is 59.8 Å². The summed E-state index contributed by atoms with van der Waals surface area (Å²) < 4.78 is 0. The van der Waals surface area contributed by atoms with E-state index in [1.54, 1.807) is 0 Å². The van der Waals surface area contributed by atoms with Crippen LogP contribution in [0.5, 0.6) is 0 Å². The fourth-order valence-electron chi connectivity index (χ4n) is 2.83. The average Bonchev–Trinajstić information content (AvgIpc) is 2.24. The van der Waals surface area contributed by atoms with E-state index in [2.05, 4.69) is 37.9 Å². The van der Waals surface area contributed by atoms with E-state index in [9.17, 15) is 0 Å². The van der Waals surface area contributed by atoms with E-state index in [-0.39, 0.29) is 0 Å². The van der Waals surface area contributed by atoms with Crippen molar-refractivity contribution in [3.05, 3.63) is 0 Å². The summed E-state index contributed by atoms with van der Waals surface area (Å²) in [6.07, 6.45) is 6.59. The summed E-state index contributed by atoms with van der Waals surface area (Å²) in [4.78, 5) is 2.73. The zero-order chi connectivity index (χ0) is 12.0. The fraction of sp³-hybridized carbons (Fsp3) is 1.00. The number of hydrogen-bond donors (Lipinski definition) is 1. The second kappa shape index (κ2) is 7.29. The average molecular weight is 226 g/mol. The maximum absolute atomic E-state index is 3.66. The van der Waals surface area contributed by atoms with Crippen LogP contribution in [-0.2, 0) is 0 Å². The molecule has 16 heavy (non-hydrogen) atoms. The molecule has 0 bridgehead atoms. The number of nitrogens with zero attached hydrogens (tertiary/aromatic N) is 1. The van der Waals surface area contributed by atoms with E-state index in [1.165, 1.54) is 45.2 Å². The summed E-state index contributed by atoms with van der Waals surface area (Å²) in [5.41, 5.74) is 0. The lowest BCUT2D eigenvalue weighted by atomic mass is 10.0. The maximum Gasteiger partial charge on any atom is 0.00925 e. The highest BCUT2D eigenvalue weighted by Gasteiger charge is 2.20. The van der Waals surface area contributed by atoms with Gasteiger partial charge in [-0.25, -0.2) is 0 Å². The van der Waals surface area contributed by atoms with Gasteiger partial charge in [0.05, 0.1) is 0 Å². The van der Waals surface area contributed by atoms with Gasteiger partial charge in [-0.3, -0.25) is 0 Å². The molecule has 1 aliphatic rings. The fourth-order valence-corrected chi connectivity index (χ4v) is 2.83. The molecule has 2 heteroatoms.